The molecular weight excluding hydrogens is 360 g/mol. The minimum absolute atomic E-state index is 0.0355. The summed E-state index contributed by atoms with van der Waals surface area (Å²) in [5, 5.41) is 0. The summed E-state index contributed by atoms with van der Waals surface area (Å²) >= 11 is 0. The highest BCUT2D eigenvalue weighted by atomic mass is 16.7. The smallest absolute Gasteiger partial charge is 0.254 e. The van der Waals surface area contributed by atoms with Gasteiger partial charge in [-0.1, -0.05) is 0 Å². The van der Waals surface area contributed by atoms with Crippen LogP contribution in [0.15, 0.2) is 42.7 Å². The van der Waals surface area contributed by atoms with Crippen LogP contribution in [0.25, 0.3) is 11.0 Å². The van der Waals surface area contributed by atoms with E-state index in [0.717, 1.165) is 11.0 Å². The fourth-order valence-corrected chi connectivity index (χ4v) is 3.58. The highest BCUT2D eigenvalue weighted by Crippen LogP contribution is 2.32. The number of hydrogen-bond donors (Lipinski definition) is 1. The number of piperazine rings is 1. The molecule has 2 aliphatic rings. The van der Waals surface area contributed by atoms with Crippen LogP contribution in [0.4, 0.5) is 0 Å². The van der Waals surface area contributed by atoms with Crippen molar-refractivity contribution < 1.29 is 19.1 Å². The molecule has 0 bridgehead atoms. The van der Waals surface area contributed by atoms with Crippen LogP contribution >= 0.6 is 0 Å². The first-order valence-corrected chi connectivity index (χ1v) is 9.10. The Morgan fingerprint density at radius 3 is 2.25 bits per heavy atom. The molecule has 1 aromatic heterocycles. The van der Waals surface area contributed by atoms with Gasteiger partial charge in [0.2, 0.25) is 6.79 Å². The number of imidazole rings is 1. The van der Waals surface area contributed by atoms with E-state index in [-0.39, 0.29) is 18.6 Å². The molecule has 0 spiro atoms. The molecule has 8 heteroatoms. The quantitative estimate of drug-likeness (QED) is 0.736. The number of nitrogens with zero attached hydrogens (tertiary/aromatic N) is 3. The minimum Gasteiger partial charge on any atom is -0.454 e. The first-order chi connectivity index (χ1) is 13.7. The van der Waals surface area contributed by atoms with Gasteiger partial charge in [-0.05, 0) is 36.4 Å². The molecule has 3 heterocycles. The van der Waals surface area contributed by atoms with Crippen molar-refractivity contribution >= 4 is 22.8 Å². The Balaban J connectivity index is 1.25. The van der Waals surface area contributed by atoms with Crippen LogP contribution in [0, 0.1) is 0 Å². The molecule has 5 rings (SSSR count). The van der Waals surface area contributed by atoms with E-state index in [9.17, 15) is 9.59 Å². The topological polar surface area (TPSA) is 87.8 Å². The Bertz CT molecular complexity index is 1070. The van der Waals surface area contributed by atoms with Gasteiger partial charge in [-0.3, -0.25) is 9.59 Å². The summed E-state index contributed by atoms with van der Waals surface area (Å²) in [6.45, 7) is 2.15. The van der Waals surface area contributed by atoms with Crippen molar-refractivity contribution in [2.75, 3.05) is 33.0 Å². The normalized spacial score (nSPS) is 15.9. The SMILES string of the molecule is O=C(c1ccc2c(c1)OCO2)N1CCN(C(=O)c2ccc3nc[nH]c3c2)CC1. The molecular formula is C20H18N4O4. The Labute approximate surface area is 160 Å². The average Bonchev–Trinajstić information content (AvgIpc) is 3.40. The fraction of sp³-hybridized carbons (Fsp3) is 0.250. The third-order valence-corrected chi connectivity index (χ3v) is 5.14. The largest absolute Gasteiger partial charge is 0.454 e. The van der Waals surface area contributed by atoms with E-state index >= 15 is 0 Å². The van der Waals surface area contributed by atoms with Crippen molar-refractivity contribution in [3.8, 4) is 11.5 Å². The summed E-state index contributed by atoms with van der Waals surface area (Å²) in [7, 11) is 0. The number of nitrogens with one attached hydrogen (secondary N) is 1. The fourth-order valence-electron chi connectivity index (χ4n) is 3.58. The molecule has 0 saturated carbocycles. The molecule has 142 valence electrons. The first kappa shape index (κ1) is 16.6. The van der Waals surface area contributed by atoms with Gasteiger partial charge < -0.3 is 24.3 Å². The molecule has 8 nitrogen and oxygen atoms in total. The Morgan fingerprint density at radius 1 is 0.857 bits per heavy atom. The summed E-state index contributed by atoms with van der Waals surface area (Å²) in [6, 6.07) is 10.6. The lowest BCUT2D eigenvalue weighted by Gasteiger charge is -2.35. The zero-order chi connectivity index (χ0) is 19.1. The monoisotopic (exact) mass is 378 g/mol. The number of benzene rings is 2. The number of aromatic nitrogens is 2. The van der Waals surface area contributed by atoms with Gasteiger partial charge in [0.05, 0.1) is 17.4 Å². The Morgan fingerprint density at radius 2 is 1.50 bits per heavy atom. The van der Waals surface area contributed by atoms with Crippen LogP contribution in [-0.4, -0.2) is 64.6 Å². The molecule has 2 aromatic carbocycles. The molecule has 28 heavy (non-hydrogen) atoms. The van der Waals surface area contributed by atoms with Crippen molar-refractivity contribution in [3.63, 3.8) is 0 Å². The van der Waals surface area contributed by atoms with Gasteiger partial charge in [-0.25, -0.2) is 4.98 Å². The lowest BCUT2D eigenvalue weighted by molar-refractivity contribution is 0.0535. The van der Waals surface area contributed by atoms with Gasteiger partial charge in [0.15, 0.2) is 11.5 Å². The number of aromatic amines is 1. The van der Waals surface area contributed by atoms with Crippen LogP contribution in [0.1, 0.15) is 20.7 Å². The number of H-pyrrole nitrogens is 1. The van der Waals surface area contributed by atoms with E-state index < -0.39 is 0 Å². The second-order valence-corrected chi connectivity index (χ2v) is 6.79. The van der Waals surface area contributed by atoms with Crippen LogP contribution in [0.3, 0.4) is 0 Å². The molecule has 0 aliphatic carbocycles. The zero-order valence-corrected chi connectivity index (χ0v) is 15.1. The van der Waals surface area contributed by atoms with Crippen LogP contribution in [0.5, 0.6) is 11.5 Å². The summed E-state index contributed by atoms with van der Waals surface area (Å²) in [5.41, 5.74) is 2.85. The van der Waals surface area contributed by atoms with Crippen molar-refractivity contribution in [2.45, 2.75) is 0 Å². The van der Waals surface area contributed by atoms with Gasteiger partial charge in [0.1, 0.15) is 0 Å². The molecule has 3 aromatic rings. The number of carbonyl (C=O) groups is 2. The lowest BCUT2D eigenvalue weighted by atomic mass is 10.1. The van der Waals surface area contributed by atoms with Crippen molar-refractivity contribution in [1.29, 1.82) is 0 Å². The van der Waals surface area contributed by atoms with Gasteiger partial charge in [-0.2, -0.15) is 0 Å². The maximum Gasteiger partial charge on any atom is 0.254 e. The first-order valence-electron chi connectivity index (χ1n) is 9.10. The van der Waals surface area contributed by atoms with Crippen molar-refractivity contribution in [3.05, 3.63) is 53.9 Å². The van der Waals surface area contributed by atoms with Gasteiger partial charge >= 0.3 is 0 Å². The standard InChI is InChI=1S/C20H18N4O4/c25-19(13-1-3-15-16(9-13)22-11-21-15)23-5-7-24(8-6-23)20(26)14-2-4-17-18(10-14)28-12-27-17/h1-4,9-11H,5-8,12H2,(H,21,22). The lowest BCUT2D eigenvalue weighted by Crippen LogP contribution is -2.50. The number of hydrogen-bond acceptors (Lipinski definition) is 5. The van der Waals surface area contributed by atoms with Crippen LogP contribution in [-0.2, 0) is 0 Å². The molecule has 1 fully saturated rings. The number of ether oxygens (including phenoxy) is 2. The molecule has 0 radical (unpaired) electrons. The van der Waals surface area contributed by atoms with E-state index in [1.165, 1.54) is 0 Å². The second kappa shape index (κ2) is 6.56. The maximum absolute atomic E-state index is 12.8. The third-order valence-electron chi connectivity index (χ3n) is 5.14. The van der Waals surface area contributed by atoms with Gasteiger partial charge in [0, 0.05) is 37.3 Å². The van der Waals surface area contributed by atoms with Crippen LogP contribution < -0.4 is 9.47 Å². The van der Waals surface area contributed by atoms with E-state index in [1.807, 2.05) is 12.1 Å². The van der Waals surface area contributed by atoms with Crippen LogP contribution in [0.2, 0.25) is 0 Å². The third kappa shape index (κ3) is 2.83. The summed E-state index contributed by atoms with van der Waals surface area (Å²) in [4.78, 5) is 36.3. The zero-order valence-electron chi connectivity index (χ0n) is 15.1. The number of fused-ring (bicyclic) bond motifs is 2. The highest BCUT2D eigenvalue weighted by Gasteiger charge is 2.26. The second-order valence-electron chi connectivity index (χ2n) is 6.79. The predicted octanol–water partition coefficient (Wildman–Crippen LogP) is 1.89. The number of amides is 2. The summed E-state index contributed by atoms with van der Waals surface area (Å²) < 4.78 is 10.6. The maximum atomic E-state index is 12.8. The Kier molecular flexibility index (Phi) is 3.89. The van der Waals surface area contributed by atoms with Gasteiger partial charge in [0.25, 0.3) is 11.8 Å². The number of rotatable bonds is 2. The molecule has 1 saturated heterocycles. The number of carbonyl (C=O) groups excluding carboxylic acids is 2. The summed E-state index contributed by atoms with van der Waals surface area (Å²) in [5.74, 6) is 1.14. The highest BCUT2D eigenvalue weighted by molar-refractivity contribution is 5.98. The minimum atomic E-state index is -0.0655. The molecule has 2 aliphatic heterocycles. The van der Waals surface area contributed by atoms with Gasteiger partial charge in [-0.15, -0.1) is 0 Å². The molecule has 2 amide bonds. The summed E-state index contributed by atoms with van der Waals surface area (Å²) in [6.07, 6.45) is 1.61. The molecule has 0 unspecified atom stereocenters. The van der Waals surface area contributed by atoms with Crippen molar-refractivity contribution in [1.82, 2.24) is 19.8 Å². The predicted molar refractivity (Wildman–Crippen MR) is 100 cm³/mol. The van der Waals surface area contributed by atoms with Crippen molar-refractivity contribution in [2.24, 2.45) is 0 Å². The van der Waals surface area contributed by atoms with E-state index in [0.29, 0.717) is 48.8 Å². The Hall–Kier alpha value is -3.55. The molecule has 0 atom stereocenters. The van der Waals surface area contributed by atoms with E-state index in [1.54, 1.807) is 40.4 Å². The van der Waals surface area contributed by atoms with E-state index in [4.69, 9.17) is 9.47 Å². The average molecular weight is 378 g/mol. The van der Waals surface area contributed by atoms with E-state index in [2.05, 4.69) is 9.97 Å². The molecule has 1 N–H and O–H groups in total.